The van der Waals surface area contributed by atoms with E-state index in [1.807, 2.05) is 24.3 Å². The van der Waals surface area contributed by atoms with Crippen molar-refractivity contribution in [3.8, 4) is 0 Å². The standard InChI is InChI=1S/C19H27N3O3/c1-2-3-6-15-8-10-16(11-9-15)21-19(25)18(24)20-12-5-14-22-13-4-7-17(22)23/h8-11H,2-7,12-14H2,1H3,(H,20,24)(H,21,25). The van der Waals surface area contributed by atoms with Crippen LogP contribution in [0, 0.1) is 0 Å². The Bertz CT molecular complexity index is 598. The molecule has 1 heterocycles. The van der Waals surface area contributed by atoms with Crippen molar-refractivity contribution in [1.29, 1.82) is 0 Å². The molecule has 1 aliphatic heterocycles. The van der Waals surface area contributed by atoms with Gasteiger partial charge in [-0.3, -0.25) is 14.4 Å². The maximum Gasteiger partial charge on any atom is 0.313 e. The van der Waals surface area contributed by atoms with Gasteiger partial charge in [0.15, 0.2) is 0 Å². The first-order valence-electron chi connectivity index (χ1n) is 9.06. The normalized spacial score (nSPS) is 13.8. The van der Waals surface area contributed by atoms with Crippen molar-refractivity contribution in [2.75, 3.05) is 25.0 Å². The molecule has 0 spiro atoms. The van der Waals surface area contributed by atoms with Crippen LogP contribution in [0.3, 0.4) is 0 Å². The molecule has 2 N–H and O–H groups in total. The van der Waals surface area contributed by atoms with Gasteiger partial charge in [0.2, 0.25) is 5.91 Å². The molecule has 1 saturated heterocycles. The van der Waals surface area contributed by atoms with E-state index in [-0.39, 0.29) is 5.91 Å². The summed E-state index contributed by atoms with van der Waals surface area (Å²) in [6, 6.07) is 7.57. The predicted molar refractivity (Wildman–Crippen MR) is 97.1 cm³/mol. The van der Waals surface area contributed by atoms with Crippen LogP contribution in [0.1, 0.15) is 44.6 Å². The summed E-state index contributed by atoms with van der Waals surface area (Å²) in [6.45, 7) is 3.95. The Morgan fingerprint density at radius 2 is 1.88 bits per heavy atom. The fourth-order valence-electron chi connectivity index (χ4n) is 2.82. The highest BCUT2D eigenvalue weighted by Crippen LogP contribution is 2.12. The van der Waals surface area contributed by atoms with Gasteiger partial charge >= 0.3 is 11.8 Å². The second kappa shape index (κ2) is 9.81. The molecule has 136 valence electrons. The largest absolute Gasteiger partial charge is 0.348 e. The highest BCUT2D eigenvalue weighted by atomic mass is 16.2. The predicted octanol–water partition coefficient (Wildman–Crippen LogP) is 2.10. The zero-order valence-corrected chi connectivity index (χ0v) is 14.8. The van der Waals surface area contributed by atoms with Gasteiger partial charge in [-0.2, -0.15) is 0 Å². The second-order valence-corrected chi connectivity index (χ2v) is 6.35. The van der Waals surface area contributed by atoms with Crippen molar-refractivity contribution in [1.82, 2.24) is 10.2 Å². The van der Waals surface area contributed by atoms with E-state index in [1.54, 1.807) is 4.90 Å². The SMILES string of the molecule is CCCCc1ccc(NC(=O)C(=O)NCCCN2CCCC2=O)cc1. The summed E-state index contributed by atoms with van der Waals surface area (Å²) in [6.07, 6.45) is 5.47. The van der Waals surface area contributed by atoms with Crippen molar-refractivity contribution in [2.45, 2.75) is 45.4 Å². The smallest absolute Gasteiger partial charge is 0.313 e. The Balaban J connectivity index is 1.67. The molecule has 0 saturated carbocycles. The van der Waals surface area contributed by atoms with Crippen molar-refractivity contribution in [3.63, 3.8) is 0 Å². The maximum atomic E-state index is 11.9. The maximum absolute atomic E-state index is 11.9. The highest BCUT2D eigenvalue weighted by Gasteiger charge is 2.19. The fraction of sp³-hybridized carbons (Fsp3) is 0.526. The lowest BCUT2D eigenvalue weighted by Gasteiger charge is -2.15. The molecule has 1 aliphatic rings. The number of carbonyl (C=O) groups excluding carboxylic acids is 3. The molecule has 0 unspecified atom stereocenters. The van der Waals surface area contributed by atoms with Gasteiger partial charge in [0.05, 0.1) is 0 Å². The van der Waals surface area contributed by atoms with Gasteiger partial charge in [0.1, 0.15) is 0 Å². The minimum Gasteiger partial charge on any atom is -0.348 e. The number of amides is 3. The number of aryl methyl sites for hydroxylation is 1. The third kappa shape index (κ3) is 6.21. The Morgan fingerprint density at radius 1 is 1.12 bits per heavy atom. The van der Waals surface area contributed by atoms with Crippen LogP contribution in [0.25, 0.3) is 0 Å². The highest BCUT2D eigenvalue weighted by molar-refractivity contribution is 6.39. The second-order valence-electron chi connectivity index (χ2n) is 6.35. The third-order valence-electron chi connectivity index (χ3n) is 4.30. The number of benzene rings is 1. The monoisotopic (exact) mass is 345 g/mol. The van der Waals surface area contributed by atoms with Gasteiger partial charge in [-0.1, -0.05) is 25.5 Å². The number of hydrogen-bond acceptors (Lipinski definition) is 3. The lowest BCUT2D eigenvalue weighted by molar-refractivity contribution is -0.136. The first kappa shape index (κ1) is 19.0. The van der Waals surface area contributed by atoms with E-state index in [1.165, 1.54) is 5.56 Å². The lowest BCUT2D eigenvalue weighted by Crippen LogP contribution is -2.37. The van der Waals surface area contributed by atoms with Crippen molar-refractivity contribution < 1.29 is 14.4 Å². The van der Waals surface area contributed by atoms with Crippen LogP contribution in [0.15, 0.2) is 24.3 Å². The first-order valence-corrected chi connectivity index (χ1v) is 9.06. The Kier molecular flexibility index (Phi) is 7.44. The van der Waals surface area contributed by atoms with E-state index >= 15 is 0 Å². The van der Waals surface area contributed by atoms with Gasteiger partial charge in [-0.25, -0.2) is 0 Å². The molecule has 1 fully saturated rings. The minimum absolute atomic E-state index is 0.173. The average molecular weight is 345 g/mol. The molecule has 6 nitrogen and oxygen atoms in total. The van der Waals surface area contributed by atoms with Crippen LogP contribution in [0.2, 0.25) is 0 Å². The van der Waals surface area contributed by atoms with E-state index in [2.05, 4.69) is 17.6 Å². The van der Waals surface area contributed by atoms with Crippen LogP contribution in [-0.4, -0.2) is 42.3 Å². The summed E-state index contributed by atoms with van der Waals surface area (Å²) in [7, 11) is 0. The number of anilines is 1. The van der Waals surface area contributed by atoms with Crippen LogP contribution >= 0.6 is 0 Å². The molecule has 0 radical (unpaired) electrons. The lowest BCUT2D eigenvalue weighted by atomic mass is 10.1. The molecule has 0 atom stereocenters. The van der Waals surface area contributed by atoms with E-state index in [0.29, 0.717) is 31.6 Å². The average Bonchev–Trinajstić information content (AvgIpc) is 3.03. The summed E-state index contributed by atoms with van der Waals surface area (Å²) in [4.78, 5) is 37.0. The van der Waals surface area contributed by atoms with E-state index < -0.39 is 11.8 Å². The van der Waals surface area contributed by atoms with E-state index in [0.717, 1.165) is 32.2 Å². The number of hydrogen-bond donors (Lipinski definition) is 2. The Morgan fingerprint density at radius 3 is 2.52 bits per heavy atom. The molecule has 0 aromatic heterocycles. The fourth-order valence-corrected chi connectivity index (χ4v) is 2.82. The van der Waals surface area contributed by atoms with Crippen LogP contribution < -0.4 is 10.6 Å². The number of carbonyl (C=O) groups is 3. The molecule has 3 amide bonds. The molecule has 0 bridgehead atoms. The first-order chi connectivity index (χ1) is 12.1. The molecule has 1 aromatic carbocycles. The van der Waals surface area contributed by atoms with E-state index in [9.17, 15) is 14.4 Å². The molecule has 2 rings (SSSR count). The number of nitrogens with zero attached hydrogens (tertiary/aromatic N) is 1. The van der Waals surface area contributed by atoms with E-state index in [4.69, 9.17) is 0 Å². The molecule has 0 aliphatic carbocycles. The zero-order chi connectivity index (χ0) is 18.1. The third-order valence-corrected chi connectivity index (χ3v) is 4.30. The molecular formula is C19H27N3O3. The Hall–Kier alpha value is -2.37. The van der Waals surface area contributed by atoms with Gasteiger partial charge in [-0.15, -0.1) is 0 Å². The summed E-state index contributed by atoms with van der Waals surface area (Å²) in [5.41, 5.74) is 1.84. The Labute approximate surface area is 149 Å². The number of nitrogens with one attached hydrogen (secondary N) is 2. The van der Waals surface area contributed by atoms with Gasteiger partial charge in [0.25, 0.3) is 0 Å². The summed E-state index contributed by atoms with van der Waals surface area (Å²) < 4.78 is 0. The number of rotatable bonds is 8. The summed E-state index contributed by atoms with van der Waals surface area (Å²) >= 11 is 0. The number of unbranched alkanes of at least 4 members (excludes halogenated alkanes) is 1. The van der Waals surface area contributed by atoms with Crippen molar-refractivity contribution in [3.05, 3.63) is 29.8 Å². The molecular weight excluding hydrogens is 318 g/mol. The quantitative estimate of drug-likeness (QED) is 0.559. The molecule has 25 heavy (non-hydrogen) atoms. The van der Waals surface area contributed by atoms with Crippen LogP contribution in [0.4, 0.5) is 5.69 Å². The minimum atomic E-state index is -0.668. The number of likely N-dealkylation sites (tertiary alicyclic amines) is 1. The molecule has 1 aromatic rings. The van der Waals surface area contributed by atoms with Gasteiger partial charge in [-0.05, 0) is 43.4 Å². The van der Waals surface area contributed by atoms with Crippen molar-refractivity contribution >= 4 is 23.4 Å². The molecule has 6 heteroatoms. The summed E-state index contributed by atoms with van der Waals surface area (Å²) in [5, 5.41) is 5.19. The van der Waals surface area contributed by atoms with Gasteiger partial charge < -0.3 is 15.5 Å². The van der Waals surface area contributed by atoms with Crippen LogP contribution in [0.5, 0.6) is 0 Å². The van der Waals surface area contributed by atoms with Gasteiger partial charge in [0, 0.05) is 31.7 Å². The summed E-state index contributed by atoms with van der Waals surface area (Å²) in [5.74, 6) is -1.15. The topological polar surface area (TPSA) is 78.5 Å². The zero-order valence-electron chi connectivity index (χ0n) is 14.8. The van der Waals surface area contributed by atoms with Crippen LogP contribution in [-0.2, 0) is 20.8 Å². The van der Waals surface area contributed by atoms with Crippen molar-refractivity contribution in [2.24, 2.45) is 0 Å².